The van der Waals surface area contributed by atoms with Gasteiger partial charge < -0.3 is 51.3 Å². The molecule has 4 aromatic carbocycles. The number of likely N-dealkylation sites (tertiary alicyclic amines) is 1. The number of nitrogens with zero attached hydrogens (tertiary/aromatic N) is 3. The first-order chi connectivity index (χ1) is 37.9. The maximum absolute atomic E-state index is 15.7. The third-order valence-corrected chi connectivity index (χ3v) is 16.2. The molecule has 0 aromatic heterocycles. The molecule has 7 amide bonds. The zero-order chi connectivity index (χ0) is 58.2. The molecule has 2 aliphatic heterocycles. The summed E-state index contributed by atoms with van der Waals surface area (Å²) in [6, 6.07) is 24.1. The van der Waals surface area contributed by atoms with E-state index in [0.717, 1.165) is 41.5 Å². The molecular formula is C63H85N9O8. The van der Waals surface area contributed by atoms with Crippen molar-refractivity contribution < 1.29 is 38.3 Å². The number of likely N-dealkylation sites (N-methyl/N-ethyl adjacent to an activating group) is 2. The summed E-state index contributed by atoms with van der Waals surface area (Å²) in [4.78, 5) is 106. The summed E-state index contributed by atoms with van der Waals surface area (Å²) in [5.74, 6) is -1.88. The van der Waals surface area contributed by atoms with Crippen LogP contribution in [0.5, 0.6) is 5.75 Å². The minimum Gasteiger partial charge on any atom is -0.494 e. The SMILES string of the molecule is CCOc1ccccc1[C@@H](C)N(Cc1ccc(C(=O)N[C@H]2C[C@@H](C(=O)N[C@@H]3CCCc4ccccc43)N(C(=O)[C@@H](NC(=O)[C@H](C)NC)C(C)(C)C)C2)cc1)C(=O)[C@@H]1Cc2ccccc2CN1C(=O)C(NC(=O)[C@H](C)NC)C(C)(C)C. The summed E-state index contributed by atoms with van der Waals surface area (Å²) in [6.45, 7) is 19.3. The molecule has 1 aliphatic carbocycles. The van der Waals surface area contributed by atoms with Gasteiger partial charge in [-0.1, -0.05) is 120 Å². The minimum atomic E-state index is -0.974. The Kier molecular flexibility index (Phi) is 19.7. The van der Waals surface area contributed by atoms with Crippen molar-refractivity contribution in [1.29, 1.82) is 0 Å². The molecule has 3 aliphatic rings. The van der Waals surface area contributed by atoms with Gasteiger partial charge in [-0.15, -0.1) is 0 Å². The molecule has 0 saturated carbocycles. The van der Waals surface area contributed by atoms with E-state index in [1.165, 1.54) is 10.5 Å². The van der Waals surface area contributed by atoms with E-state index in [-0.39, 0.29) is 68.1 Å². The molecule has 4 aromatic rings. The molecule has 2 heterocycles. The van der Waals surface area contributed by atoms with E-state index in [1.54, 1.807) is 62.0 Å². The van der Waals surface area contributed by atoms with Gasteiger partial charge in [-0.3, -0.25) is 33.6 Å². The Morgan fingerprint density at radius 1 is 0.675 bits per heavy atom. The van der Waals surface area contributed by atoms with Gasteiger partial charge in [-0.25, -0.2) is 0 Å². The van der Waals surface area contributed by atoms with E-state index in [2.05, 4.69) is 38.0 Å². The standard InChI is InChI=1S/C63H85N9O8/c1-13-80-52-28-19-18-25-47(52)40(4)70(59(77)51-33-44-22-14-15-23-45(44)36-71(51)60(78)53(62(5,6)7)68-55(73)38(2)64-11)35-41-29-31-43(32-30-41)57(75)66-46-34-50(58(76)67-49-27-20-24-42-21-16-17-26-48(42)49)72(37-46)61(79)54(63(8,9)10)69-56(74)39(3)65-12/h14-19,21-23,25-26,28-32,38-40,46,49-51,53-54,64-65H,13,20,24,27,33-37H2,1-12H3,(H,66,75)(H,67,76)(H,68,73)(H,69,74)/t38-,39-,40+,46-,49+,50-,51-,53?,54+/m0/s1. The van der Waals surface area contributed by atoms with E-state index >= 15 is 9.59 Å². The van der Waals surface area contributed by atoms with Gasteiger partial charge in [0.15, 0.2) is 0 Å². The molecule has 0 radical (unpaired) electrons. The topological polar surface area (TPSA) is 211 Å². The monoisotopic (exact) mass is 1100 g/mol. The minimum absolute atomic E-state index is 0.0350. The number of carbonyl (C=O) groups is 7. The Bertz CT molecular complexity index is 2880. The number of hydrogen-bond donors (Lipinski definition) is 6. The highest BCUT2D eigenvalue weighted by Crippen LogP contribution is 2.36. The van der Waals surface area contributed by atoms with Crippen LogP contribution in [0, 0.1) is 10.8 Å². The zero-order valence-electron chi connectivity index (χ0n) is 48.9. The number of benzene rings is 4. The van der Waals surface area contributed by atoms with Crippen molar-refractivity contribution in [3.8, 4) is 5.75 Å². The van der Waals surface area contributed by atoms with E-state index in [9.17, 15) is 24.0 Å². The smallest absolute Gasteiger partial charge is 0.251 e. The summed E-state index contributed by atoms with van der Waals surface area (Å²) in [6.07, 6.45) is 2.95. The lowest BCUT2D eigenvalue weighted by Gasteiger charge is -2.43. The van der Waals surface area contributed by atoms with Crippen LogP contribution in [-0.4, -0.2) is 126 Å². The number of fused-ring (bicyclic) bond motifs is 2. The molecule has 1 fully saturated rings. The highest BCUT2D eigenvalue weighted by Gasteiger charge is 2.47. The van der Waals surface area contributed by atoms with Crippen molar-refractivity contribution in [2.75, 3.05) is 27.2 Å². The second-order valence-corrected chi connectivity index (χ2v) is 24.0. The van der Waals surface area contributed by atoms with Gasteiger partial charge in [-0.05, 0) is 124 Å². The first-order valence-corrected chi connectivity index (χ1v) is 28.4. The van der Waals surface area contributed by atoms with Gasteiger partial charge in [0.05, 0.1) is 30.8 Å². The largest absolute Gasteiger partial charge is 0.494 e. The van der Waals surface area contributed by atoms with Crippen LogP contribution in [0.25, 0.3) is 0 Å². The van der Waals surface area contributed by atoms with Crippen LogP contribution < -0.4 is 36.6 Å². The lowest BCUT2D eigenvalue weighted by molar-refractivity contribution is -0.152. The highest BCUT2D eigenvalue weighted by atomic mass is 16.5. The quantitative estimate of drug-likeness (QED) is 0.0618. The molecule has 6 N–H and O–H groups in total. The van der Waals surface area contributed by atoms with Gasteiger partial charge >= 0.3 is 0 Å². The lowest BCUT2D eigenvalue weighted by Crippen LogP contribution is -2.62. The van der Waals surface area contributed by atoms with Gasteiger partial charge in [0, 0.05) is 43.2 Å². The number of ether oxygens (including phenoxy) is 1. The number of aryl methyl sites for hydroxylation is 1. The normalized spacial score (nSPS) is 19.9. The zero-order valence-corrected chi connectivity index (χ0v) is 48.9. The molecule has 1 saturated heterocycles. The van der Waals surface area contributed by atoms with Crippen LogP contribution in [0.4, 0.5) is 0 Å². The molecule has 17 nitrogen and oxygen atoms in total. The van der Waals surface area contributed by atoms with Crippen LogP contribution >= 0.6 is 0 Å². The van der Waals surface area contributed by atoms with E-state index in [0.29, 0.717) is 23.5 Å². The number of nitrogens with one attached hydrogen (secondary N) is 6. The summed E-state index contributed by atoms with van der Waals surface area (Å²) >= 11 is 0. The van der Waals surface area contributed by atoms with Crippen molar-refractivity contribution in [3.05, 3.63) is 136 Å². The third kappa shape index (κ3) is 14.1. The van der Waals surface area contributed by atoms with Crippen molar-refractivity contribution in [2.45, 2.75) is 169 Å². The van der Waals surface area contributed by atoms with Crippen molar-refractivity contribution in [3.63, 3.8) is 0 Å². The molecule has 80 heavy (non-hydrogen) atoms. The Morgan fingerprint density at radius 3 is 1.84 bits per heavy atom. The number of rotatable bonds is 19. The number of para-hydroxylation sites is 1. The Balaban J connectivity index is 1.16. The molecule has 1 unspecified atom stereocenters. The summed E-state index contributed by atoms with van der Waals surface area (Å²) in [5, 5.41) is 18.2. The van der Waals surface area contributed by atoms with Crippen LogP contribution in [-0.2, 0) is 54.7 Å². The second kappa shape index (κ2) is 26.0. The van der Waals surface area contributed by atoms with Crippen molar-refractivity contribution >= 4 is 41.4 Å². The predicted octanol–water partition coefficient (Wildman–Crippen LogP) is 6.30. The van der Waals surface area contributed by atoms with Crippen molar-refractivity contribution in [2.24, 2.45) is 10.8 Å². The third-order valence-electron chi connectivity index (χ3n) is 16.2. The average molecular weight is 1100 g/mol. The number of amides is 7. The van der Waals surface area contributed by atoms with Gasteiger partial charge in [0.2, 0.25) is 35.4 Å². The first kappa shape index (κ1) is 60.5. The highest BCUT2D eigenvalue weighted by molar-refractivity contribution is 5.97. The number of hydrogen-bond acceptors (Lipinski definition) is 10. The van der Waals surface area contributed by atoms with E-state index < -0.39 is 71.0 Å². The Morgan fingerprint density at radius 2 is 1.24 bits per heavy atom. The molecule has 7 rings (SSSR count). The lowest BCUT2D eigenvalue weighted by atomic mass is 9.84. The molecule has 430 valence electrons. The van der Waals surface area contributed by atoms with Crippen LogP contribution in [0.2, 0.25) is 0 Å². The Labute approximate surface area is 473 Å². The van der Waals surface area contributed by atoms with E-state index in [1.807, 2.05) is 122 Å². The maximum atomic E-state index is 15.7. The van der Waals surface area contributed by atoms with Gasteiger partial charge in [0.1, 0.15) is 29.9 Å². The van der Waals surface area contributed by atoms with Gasteiger partial charge in [0.25, 0.3) is 5.91 Å². The average Bonchev–Trinajstić information content (AvgIpc) is 3.99. The molecule has 17 heteroatoms. The fraction of sp³-hybridized carbons (Fsp3) is 0.508. The first-order valence-electron chi connectivity index (χ1n) is 28.4. The molecule has 0 spiro atoms. The fourth-order valence-electron chi connectivity index (χ4n) is 11.1. The number of carbonyl (C=O) groups excluding carboxylic acids is 7. The second-order valence-electron chi connectivity index (χ2n) is 24.0. The van der Waals surface area contributed by atoms with Crippen LogP contribution in [0.1, 0.15) is 144 Å². The van der Waals surface area contributed by atoms with Crippen LogP contribution in [0.3, 0.4) is 0 Å². The van der Waals surface area contributed by atoms with Gasteiger partial charge in [-0.2, -0.15) is 0 Å². The van der Waals surface area contributed by atoms with Crippen LogP contribution in [0.15, 0.2) is 97.1 Å². The molecule has 9 atom stereocenters. The molecule has 0 bridgehead atoms. The maximum Gasteiger partial charge on any atom is 0.251 e. The summed E-state index contributed by atoms with van der Waals surface area (Å²) < 4.78 is 6.11. The predicted molar refractivity (Wildman–Crippen MR) is 309 cm³/mol. The van der Waals surface area contributed by atoms with E-state index in [4.69, 9.17) is 4.74 Å². The summed E-state index contributed by atoms with van der Waals surface area (Å²) in [5.41, 5.74) is 4.48. The fourth-order valence-corrected chi connectivity index (χ4v) is 11.1. The summed E-state index contributed by atoms with van der Waals surface area (Å²) in [7, 11) is 3.35. The van der Waals surface area contributed by atoms with Crippen molar-refractivity contribution in [1.82, 2.24) is 46.6 Å². The molecular weight excluding hydrogens is 1010 g/mol. The Hall–Kier alpha value is -7.11.